The van der Waals surface area contributed by atoms with Crippen LogP contribution < -0.4 is 0 Å². The van der Waals surface area contributed by atoms with Crippen molar-refractivity contribution < 1.29 is 27.1 Å². The van der Waals surface area contributed by atoms with Gasteiger partial charge in [0.05, 0.1) is 25.3 Å². The molecule has 116 valence electrons. The molecule has 1 aliphatic heterocycles. The summed E-state index contributed by atoms with van der Waals surface area (Å²) < 4.78 is 48.9. The van der Waals surface area contributed by atoms with E-state index >= 15 is 0 Å². The van der Waals surface area contributed by atoms with Gasteiger partial charge in [0.2, 0.25) is 10.0 Å². The summed E-state index contributed by atoms with van der Waals surface area (Å²) in [7, 11) is -2.90. The molecule has 0 radical (unpaired) electrons. The van der Waals surface area contributed by atoms with E-state index < -0.39 is 27.9 Å². The molecule has 1 aromatic carbocycles. The Morgan fingerprint density at radius 3 is 2.86 bits per heavy atom. The van der Waals surface area contributed by atoms with Gasteiger partial charge in [0.15, 0.2) is 0 Å². The van der Waals surface area contributed by atoms with E-state index in [-0.39, 0.29) is 29.7 Å². The maximum Gasteiger partial charge on any atom is 0.326 e. The highest BCUT2D eigenvalue weighted by atomic mass is 35.5. The Bertz CT molecular complexity index is 651. The van der Waals surface area contributed by atoms with Crippen molar-refractivity contribution in [1.82, 2.24) is 4.31 Å². The molecule has 2 rings (SSSR count). The zero-order valence-corrected chi connectivity index (χ0v) is 12.7. The Morgan fingerprint density at radius 2 is 2.24 bits per heavy atom. The second-order valence-electron chi connectivity index (χ2n) is 4.30. The van der Waals surface area contributed by atoms with Crippen LogP contribution in [-0.4, -0.2) is 51.6 Å². The summed E-state index contributed by atoms with van der Waals surface area (Å²) in [5.41, 5.74) is 0. The molecule has 0 aliphatic carbocycles. The topological polar surface area (TPSA) is 72.9 Å². The van der Waals surface area contributed by atoms with Crippen molar-refractivity contribution in [2.75, 3.05) is 26.9 Å². The Hall–Kier alpha value is -1.22. The molecule has 6 nitrogen and oxygen atoms in total. The van der Waals surface area contributed by atoms with Gasteiger partial charge in [-0.2, -0.15) is 4.31 Å². The molecule has 1 fully saturated rings. The fourth-order valence-corrected chi connectivity index (χ4v) is 4.06. The fourth-order valence-electron chi connectivity index (χ4n) is 2.01. The first-order valence-corrected chi connectivity index (χ1v) is 7.82. The average molecular weight is 338 g/mol. The van der Waals surface area contributed by atoms with Gasteiger partial charge < -0.3 is 9.47 Å². The van der Waals surface area contributed by atoms with Gasteiger partial charge in [-0.05, 0) is 18.2 Å². The number of nitrogens with zero attached hydrogens (tertiary/aromatic N) is 1. The first kappa shape index (κ1) is 16.2. The number of ether oxygens (including phenoxy) is 2. The van der Waals surface area contributed by atoms with E-state index in [9.17, 15) is 17.6 Å². The normalized spacial score (nSPS) is 20.2. The van der Waals surface area contributed by atoms with Crippen LogP contribution in [0.5, 0.6) is 0 Å². The van der Waals surface area contributed by atoms with Gasteiger partial charge in [0, 0.05) is 6.54 Å². The van der Waals surface area contributed by atoms with Crippen LogP contribution in [0.3, 0.4) is 0 Å². The van der Waals surface area contributed by atoms with Crippen LogP contribution in [0.1, 0.15) is 0 Å². The molecule has 0 saturated carbocycles. The quantitative estimate of drug-likeness (QED) is 0.771. The molecule has 0 aromatic heterocycles. The minimum absolute atomic E-state index is 0.0181. The molecule has 9 heteroatoms. The standard InChI is InChI=1S/C12H13ClFNO5S/c1-19-12(16)10-7-20-5-4-15(10)21(17,18)11-3-2-8(14)6-9(11)13/h2-3,6,10H,4-5,7H2,1H3. The van der Waals surface area contributed by atoms with Crippen LogP contribution in [0, 0.1) is 5.82 Å². The number of rotatable bonds is 3. The van der Waals surface area contributed by atoms with Crippen molar-refractivity contribution in [3.8, 4) is 0 Å². The predicted molar refractivity (Wildman–Crippen MR) is 71.9 cm³/mol. The molecule has 1 heterocycles. The van der Waals surface area contributed by atoms with Crippen molar-refractivity contribution in [3.05, 3.63) is 29.0 Å². The van der Waals surface area contributed by atoms with Crippen LogP contribution in [0.25, 0.3) is 0 Å². The lowest BCUT2D eigenvalue weighted by Crippen LogP contribution is -2.52. The molecule has 1 unspecified atom stereocenters. The first-order valence-electron chi connectivity index (χ1n) is 6.00. The molecular formula is C12H13ClFNO5S. The molecule has 1 aliphatic rings. The Balaban J connectivity index is 2.43. The lowest BCUT2D eigenvalue weighted by atomic mass is 10.3. The molecule has 21 heavy (non-hydrogen) atoms. The van der Waals surface area contributed by atoms with Crippen LogP contribution in [-0.2, 0) is 24.3 Å². The highest BCUT2D eigenvalue weighted by molar-refractivity contribution is 7.89. The molecule has 1 aromatic rings. The van der Waals surface area contributed by atoms with Crippen molar-refractivity contribution in [3.63, 3.8) is 0 Å². The summed E-state index contributed by atoms with van der Waals surface area (Å²) in [6.07, 6.45) is 0. The molecule has 0 amide bonds. The van der Waals surface area contributed by atoms with Gasteiger partial charge in [0.1, 0.15) is 16.8 Å². The third kappa shape index (κ3) is 3.18. The second kappa shape index (κ2) is 6.27. The smallest absolute Gasteiger partial charge is 0.326 e. The number of carbonyl (C=O) groups is 1. The maximum absolute atomic E-state index is 13.1. The van der Waals surface area contributed by atoms with Gasteiger partial charge in [-0.1, -0.05) is 11.6 Å². The number of halogens is 2. The fraction of sp³-hybridized carbons (Fsp3) is 0.417. The van der Waals surface area contributed by atoms with Gasteiger partial charge in [-0.15, -0.1) is 0 Å². The zero-order chi connectivity index (χ0) is 15.6. The SMILES string of the molecule is COC(=O)C1COCCN1S(=O)(=O)c1ccc(F)cc1Cl. The van der Waals surface area contributed by atoms with Gasteiger partial charge in [-0.3, -0.25) is 4.79 Å². The van der Waals surface area contributed by atoms with Crippen molar-refractivity contribution >= 4 is 27.6 Å². The number of hydrogen-bond acceptors (Lipinski definition) is 5. The predicted octanol–water partition coefficient (Wildman–Crippen LogP) is 1.04. The number of morpholine rings is 1. The largest absolute Gasteiger partial charge is 0.468 e. The number of sulfonamides is 1. The Labute approximate surface area is 126 Å². The van der Waals surface area contributed by atoms with E-state index in [4.69, 9.17) is 16.3 Å². The van der Waals surface area contributed by atoms with Gasteiger partial charge in [-0.25, -0.2) is 12.8 Å². The van der Waals surface area contributed by atoms with Crippen molar-refractivity contribution in [2.24, 2.45) is 0 Å². The number of hydrogen-bond donors (Lipinski definition) is 0. The summed E-state index contributed by atoms with van der Waals surface area (Å²) in [6, 6.07) is 1.88. The molecule has 1 saturated heterocycles. The Kier molecular flexibility index (Phi) is 4.82. The highest BCUT2D eigenvalue weighted by Crippen LogP contribution is 2.27. The summed E-state index contributed by atoms with van der Waals surface area (Å²) in [5, 5.41) is -0.245. The minimum Gasteiger partial charge on any atom is -0.468 e. The van der Waals surface area contributed by atoms with Crippen molar-refractivity contribution in [1.29, 1.82) is 0 Å². The zero-order valence-electron chi connectivity index (χ0n) is 11.1. The Morgan fingerprint density at radius 1 is 1.52 bits per heavy atom. The highest BCUT2D eigenvalue weighted by Gasteiger charge is 2.39. The van der Waals surface area contributed by atoms with Gasteiger partial charge in [0.25, 0.3) is 0 Å². The maximum atomic E-state index is 13.1. The number of carbonyl (C=O) groups excluding carboxylic acids is 1. The molecular weight excluding hydrogens is 325 g/mol. The lowest BCUT2D eigenvalue weighted by molar-refractivity contribution is -0.149. The van der Waals surface area contributed by atoms with Crippen LogP contribution in [0.15, 0.2) is 23.1 Å². The number of benzene rings is 1. The van der Waals surface area contributed by atoms with Crippen LogP contribution >= 0.6 is 11.6 Å². The minimum atomic E-state index is -4.06. The average Bonchev–Trinajstić information content (AvgIpc) is 2.46. The third-order valence-corrected chi connectivity index (χ3v) is 5.42. The van der Waals surface area contributed by atoms with E-state index in [0.29, 0.717) is 0 Å². The summed E-state index contributed by atoms with van der Waals surface area (Å²) >= 11 is 5.80. The molecule has 1 atom stereocenters. The lowest BCUT2D eigenvalue weighted by Gasteiger charge is -2.32. The monoisotopic (exact) mass is 337 g/mol. The molecule has 0 spiro atoms. The molecule has 0 bridgehead atoms. The third-order valence-electron chi connectivity index (χ3n) is 3.03. The van der Waals surface area contributed by atoms with Crippen LogP contribution in [0.4, 0.5) is 4.39 Å². The van der Waals surface area contributed by atoms with E-state index in [0.717, 1.165) is 29.6 Å². The van der Waals surface area contributed by atoms with E-state index in [1.54, 1.807) is 0 Å². The van der Waals surface area contributed by atoms with Gasteiger partial charge >= 0.3 is 5.97 Å². The molecule has 0 N–H and O–H groups in total. The second-order valence-corrected chi connectivity index (χ2v) is 6.57. The number of methoxy groups -OCH3 is 1. The summed E-state index contributed by atoms with van der Waals surface area (Å²) in [4.78, 5) is 11.4. The summed E-state index contributed by atoms with van der Waals surface area (Å²) in [5.74, 6) is -1.37. The van der Waals surface area contributed by atoms with E-state index in [2.05, 4.69) is 4.74 Å². The van der Waals surface area contributed by atoms with E-state index in [1.165, 1.54) is 0 Å². The van der Waals surface area contributed by atoms with Crippen LogP contribution in [0.2, 0.25) is 5.02 Å². The van der Waals surface area contributed by atoms with E-state index in [1.807, 2.05) is 0 Å². The van der Waals surface area contributed by atoms with Crippen molar-refractivity contribution in [2.45, 2.75) is 10.9 Å². The summed E-state index contributed by atoms with van der Waals surface area (Å²) in [6.45, 7) is 0.0199. The first-order chi connectivity index (χ1) is 9.87. The number of esters is 1.